The van der Waals surface area contributed by atoms with E-state index in [1.54, 1.807) is 20.8 Å². The second-order valence-corrected chi connectivity index (χ2v) is 2.20. The van der Waals surface area contributed by atoms with Crippen molar-refractivity contribution >= 4 is 0 Å². The molecular formula is C4H10O2Ti. The van der Waals surface area contributed by atoms with E-state index in [4.69, 9.17) is 5.26 Å². The normalized spacial score (nSPS) is 10.3. The Labute approximate surface area is 58.7 Å². The quantitative estimate of drug-likeness (QED) is 0.310. The van der Waals surface area contributed by atoms with Crippen LogP contribution in [0.25, 0.3) is 0 Å². The third-order valence-corrected chi connectivity index (χ3v) is 0.274. The average Bonchev–Trinajstić information content (AvgIpc) is 1.35. The van der Waals surface area contributed by atoms with Gasteiger partial charge in [-0.25, -0.2) is 4.89 Å². The summed E-state index contributed by atoms with van der Waals surface area (Å²) >= 11 is 0. The molecule has 0 spiro atoms. The Morgan fingerprint density at radius 3 is 1.43 bits per heavy atom. The van der Waals surface area contributed by atoms with Crippen LogP contribution in [0.15, 0.2) is 0 Å². The molecular weight excluding hydrogens is 128 g/mol. The van der Waals surface area contributed by atoms with E-state index in [-0.39, 0.29) is 21.7 Å². The molecule has 0 aromatic carbocycles. The van der Waals surface area contributed by atoms with Gasteiger partial charge >= 0.3 is 0 Å². The van der Waals surface area contributed by atoms with Crippen molar-refractivity contribution in [2.75, 3.05) is 0 Å². The standard InChI is InChI=1S/C4H10O2.Ti/c1-4(2,3)6-5;/h5H,1-3H3;. The summed E-state index contributed by atoms with van der Waals surface area (Å²) < 4.78 is 0. The van der Waals surface area contributed by atoms with Gasteiger partial charge < -0.3 is 0 Å². The third-order valence-electron chi connectivity index (χ3n) is 0.274. The van der Waals surface area contributed by atoms with Gasteiger partial charge in [-0.1, -0.05) is 0 Å². The van der Waals surface area contributed by atoms with Crippen LogP contribution >= 0.6 is 0 Å². The summed E-state index contributed by atoms with van der Waals surface area (Å²) in [6.45, 7) is 5.31. The fourth-order valence-electron chi connectivity index (χ4n) is 0. The molecule has 0 aliphatic carbocycles. The molecule has 0 atom stereocenters. The van der Waals surface area contributed by atoms with Crippen molar-refractivity contribution in [2.24, 2.45) is 0 Å². The molecule has 42 valence electrons. The zero-order chi connectivity index (χ0) is 5.21. The van der Waals surface area contributed by atoms with E-state index in [2.05, 4.69) is 4.89 Å². The topological polar surface area (TPSA) is 29.5 Å². The fourth-order valence-corrected chi connectivity index (χ4v) is 0. The molecule has 0 fully saturated rings. The number of rotatable bonds is 0. The molecule has 0 saturated heterocycles. The molecule has 0 bridgehead atoms. The molecule has 1 N–H and O–H groups in total. The van der Waals surface area contributed by atoms with Crippen LogP contribution in [0.1, 0.15) is 20.8 Å². The van der Waals surface area contributed by atoms with E-state index in [0.29, 0.717) is 0 Å². The minimum Gasteiger partial charge on any atom is -0.251 e. The van der Waals surface area contributed by atoms with Crippen molar-refractivity contribution in [3.05, 3.63) is 0 Å². The molecule has 0 aromatic rings. The Kier molecular flexibility index (Phi) is 5.46. The molecule has 0 heterocycles. The fraction of sp³-hybridized carbons (Fsp3) is 1.00. The van der Waals surface area contributed by atoms with Gasteiger partial charge in [0.1, 0.15) is 0 Å². The van der Waals surface area contributed by atoms with Crippen molar-refractivity contribution in [2.45, 2.75) is 26.4 Å². The molecule has 3 heteroatoms. The molecule has 0 rings (SSSR count). The zero-order valence-corrected chi connectivity index (χ0v) is 6.42. The van der Waals surface area contributed by atoms with Gasteiger partial charge in [-0.3, -0.25) is 5.26 Å². The summed E-state index contributed by atoms with van der Waals surface area (Å²) in [5.41, 5.74) is -0.403. The van der Waals surface area contributed by atoms with Crippen LogP contribution in [-0.4, -0.2) is 10.9 Å². The first-order valence-electron chi connectivity index (χ1n) is 1.89. The number of hydrogen-bond donors (Lipinski definition) is 1. The van der Waals surface area contributed by atoms with Crippen LogP contribution in [0.3, 0.4) is 0 Å². The van der Waals surface area contributed by atoms with Gasteiger partial charge in [-0.2, -0.15) is 0 Å². The van der Waals surface area contributed by atoms with Crippen LogP contribution in [0.2, 0.25) is 0 Å². The Bertz CT molecular complexity index is 39.4. The van der Waals surface area contributed by atoms with Crippen molar-refractivity contribution in [1.82, 2.24) is 0 Å². The third kappa shape index (κ3) is 10.8. The molecule has 2 nitrogen and oxygen atoms in total. The molecule has 0 saturated carbocycles. The van der Waals surface area contributed by atoms with Gasteiger partial charge in [0, 0.05) is 21.7 Å². The summed E-state index contributed by atoms with van der Waals surface area (Å²) in [7, 11) is 0. The molecule has 0 aromatic heterocycles. The van der Waals surface area contributed by atoms with Crippen LogP contribution < -0.4 is 0 Å². The van der Waals surface area contributed by atoms with Gasteiger partial charge in [-0.15, -0.1) is 0 Å². The maximum absolute atomic E-state index is 7.90. The Balaban J connectivity index is 0. The van der Waals surface area contributed by atoms with E-state index in [1.807, 2.05) is 0 Å². The molecule has 0 radical (unpaired) electrons. The second-order valence-electron chi connectivity index (χ2n) is 2.20. The predicted octanol–water partition coefficient (Wildman–Crippen LogP) is 1.27. The first-order chi connectivity index (χ1) is 2.56. The monoisotopic (exact) mass is 138 g/mol. The minimum absolute atomic E-state index is 0. The van der Waals surface area contributed by atoms with Crippen molar-refractivity contribution in [3.63, 3.8) is 0 Å². The van der Waals surface area contributed by atoms with Crippen LogP contribution in [0, 0.1) is 0 Å². The maximum atomic E-state index is 7.90. The molecule has 0 aliphatic rings. The van der Waals surface area contributed by atoms with Crippen molar-refractivity contribution in [1.29, 1.82) is 0 Å². The first-order valence-corrected chi connectivity index (χ1v) is 1.89. The van der Waals surface area contributed by atoms with E-state index in [9.17, 15) is 0 Å². The minimum atomic E-state index is -0.403. The van der Waals surface area contributed by atoms with E-state index in [1.165, 1.54) is 0 Å². The van der Waals surface area contributed by atoms with E-state index >= 15 is 0 Å². The van der Waals surface area contributed by atoms with Gasteiger partial charge in [0.25, 0.3) is 0 Å². The Morgan fingerprint density at radius 1 is 1.29 bits per heavy atom. The second kappa shape index (κ2) is 3.61. The van der Waals surface area contributed by atoms with Gasteiger partial charge in [0.05, 0.1) is 5.60 Å². The molecule has 7 heavy (non-hydrogen) atoms. The molecule has 0 unspecified atom stereocenters. The van der Waals surface area contributed by atoms with E-state index in [0.717, 1.165) is 0 Å². The van der Waals surface area contributed by atoms with Gasteiger partial charge in [-0.05, 0) is 20.8 Å². The SMILES string of the molecule is CC(C)(C)OO.[Ti]. The van der Waals surface area contributed by atoms with Gasteiger partial charge in [0.2, 0.25) is 0 Å². The van der Waals surface area contributed by atoms with Crippen molar-refractivity contribution in [3.8, 4) is 0 Å². The largest absolute Gasteiger partial charge is 0.251 e. The Hall–Kier alpha value is 0.634. The van der Waals surface area contributed by atoms with Gasteiger partial charge in [0.15, 0.2) is 0 Å². The summed E-state index contributed by atoms with van der Waals surface area (Å²) in [5, 5.41) is 7.90. The number of hydrogen-bond acceptors (Lipinski definition) is 2. The summed E-state index contributed by atoms with van der Waals surface area (Å²) in [6, 6.07) is 0. The van der Waals surface area contributed by atoms with Crippen molar-refractivity contribution < 1.29 is 31.9 Å². The molecule has 0 amide bonds. The Morgan fingerprint density at radius 2 is 1.43 bits per heavy atom. The zero-order valence-electron chi connectivity index (χ0n) is 4.86. The van der Waals surface area contributed by atoms with E-state index < -0.39 is 5.60 Å². The average molecular weight is 138 g/mol. The summed E-state index contributed by atoms with van der Waals surface area (Å²) in [4.78, 5) is 3.94. The predicted molar refractivity (Wildman–Crippen MR) is 23.5 cm³/mol. The molecule has 0 aliphatic heterocycles. The summed E-state index contributed by atoms with van der Waals surface area (Å²) in [6.07, 6.45) is 0. The van der Waals surface area contributed by atoms with Crippen LogP contribution in [0.5, 0.6) is 0 Å². The smallest absolute Gasteiger partial charge is 0.0949 e. The van der Waals surface area contributed by atoms with Crippen LogP contribution in [0.4, 0.5) is 0 Å². The summed E-state index contributed by atoms with van der Waals surface area (Å²) in [5.74, 6) is 0. The maximum Gasteiger partial charge on any atom is 0.0949 e. The van der Waals surface area contributed by atoms with Crippen LogP contribution in [-0.2, 0) is 26.6 Å². The first kappa shape index (κ1) is 10.6.